The van der Waals surface area contributed by atoms with E-state index >= 15 is 0 Å². The molecule has 2 heteroatoms. The second kappa shape index (κ2) is 4.86. The van der Waals surface area contributed by atoms with Gasteiger partial charge in [0.15, 0.2) is 0 Å². The van der Waals surface area contributed by atoms with Crippen molar-refractivity contribution in [1.29, 1.82) is 0 Å². The van der Waals surface area contributed by atoms with Crippen LogP contribution in [-0.4, -0.2) is 11.1 Å². The zero-order valence-corrected chi connectivity index (χ0v) is 12.7. The maximum atomic E-state index is 3.49. The van der Waals surface area contributed by atoms with Gasteiger partial charge in [-0.05, 0) is 51.0 Å². The maximum absolute atomic E-state index is 3.49. The summed E-state index contributed by atoms with van der Waals surface area (Å²) in [6.07, 6.45) is 0. The first-order valence-corrected chi connectivity index (χ1v) is 7.44. The highest BCUT2D eigenvalue weighted by Gasteiger charge is 2.15. The Bertz CT molecular complexity index is 781. The molecule has 0 aliphatic rings. The van der Waals surface area contributed by atoms with Crippen LogP contribution < -0.4 is 5.32 Å². The predicted molar refractivity (Wildman–Crippen MR) is 88.8 cm³/mol. The highest BCUT2D eigenvalue weighted by molar-refractivity contribution is 6.12. The lowest BCUT2D eigenvalue weighted by atomic mass is 10.0. The largest absolute Gasteiger partial charge is 0.385 e. The van der Waals surface area contributed by atoms with Crippen molar-refractivity contribution < 1.29 is 0 Å². The Morgan fingerprint density at radius 2 is 1.85 bits per heavy atom. The number of hydrogen-bond acceptors (Lipinski definition) is 1. The quantitative estimate of drug-likeness (QED) is 0.716. The standard InChI is InChI=1S/C18H22N2/c1-5-19-15-11-12(3)18-17(13(15)4)14-9-7-8-10-16(14)20(18)6-2/h7-11,19H,5-6H2,1-4H3. The lowest BCUT2D eigenvalue weighted by molar-refractivity contribution is 0.824. The molecule has 0 saturated heterocycles. The number of benzene rings is 2. The molecule has 0 saturated carbocycles. The van der Waals surface area contributed by atoms with Crippen molar-refractivity contribution in [2.75, 3.05) is 11.9 Å². The van der Waals surface area contributed by atoms with E-state index < -0.39 is 0 Å². The van der Waals surface area contributed by atoms with Crippen molar-refractivity contribution in [2.24, 2.45) is 0 Å². The van der Waals surface area contributed by atoms with Crippen molar-refractivity contribution in [3.8, 4) is 0 Å². The lowest BCUT2D eigenvalue weighted by Gasteiger charge is -2.12. The van der Waals surface area contributed by atoms with Crippen molar-refractivity contribution in [1.82, 2.24) is 4.57 Å². The van der Waals surface area contributed by atoms with Gasteiger partial charge in [-0.25, -0.2) is 0 Å². The van der Waals surface area contributed by atoms with Gasteiger partial charge in [0, 0.05) is 35.1 Å². The molecule has 0 aliphatic carbocycles. The van der Waals surface area contributed by atoms with Gasteiger partial charge >= 0.3 is 0 Å². The smallest absolute Gasteiger partial charge is 0.0525 e. The summed E-state index contributed by atoms with van der Waals surface area (Å²) in [6, 6.07) is 11.0. The number of hydrogen-bond donors (Lipinski definition) is 1. The highest BCUT2D eigenvalue weighted by atomic mass is 15.0. The molecule has 0 atom stereocenters. The Hall–Kier alpha value is -1.96. The third kappa shape index (κ3) is 1.71. The van der Waals surface area contributed by atoms with Gasteiger partial charge in [0.2, 0.25) is 0 Å². The number of fused-ring (bicyclic) bond motifs is 3. The average Bonchev–Trinajstić information content (AvgIpc) is 2.79. The Balaban J connectivity index is 2.53. The minimum absolute atomic E-state index is 0.957. The first kappa shape index (κ1) is 13.0. The molecule has 1 N–H and O–H groups in total. The number of para-hydroxylation sites is 1. The van der Waals surface area contributed by atoms with Gasteiger partial charge in [0.25, 0.3) is 0 Å². The summed E-state index contributed by atoms with van der Waals surface area (Å²) in [5.41, 5.74) is 6.68. The van der Waals surface area contributed by atoms with Crippen LogP contribution in [0.4, 0.5) is 5.69 Å². The summed E-state index contributed by atoms with van der Waals surface area (Å²) in [6.45, 7) is 10.8. The van der Waals surface area contributed by atoms with E-state index in [0.29, 0.717) is 0 Å². The van der Waals surface area contributed by atoms with Crippen LogP contribution in [0.2, 0.25) is 0 Å². The molecule has 20 heavy (non-hydrogen) atoms. The molecule has 2 aromatic carbocycles. The third-order valence-corrected chi connectivity index (χ3v) is 4.17. The van der Waals surface area contributed by atoms with Gasteiger partial charge in [-0.3, -0.25) is 0 Å². The maximum Gasteiger partial charge on any atom is 0.0525 e. The minimum atomic E-state index is 0.957. The fourth-order valence-corrected chi connectivity index (χ4v) is 3.32. The molecule has 0 bridgehead atoms. The Labute approximate surface area is 120 Å². The van der Waals surface area contributed by atoms with Crippen LogP contribution in [0.3, 0.4) is 0 Å². The minimum Gasteiger partial charge on any atom is -0.385 e. The Morgan fingerprint density at radius 3 is 2.55 bits per heavy atom. The number of aryl methyl sites for hydroxylation is 3. The first-order chi connectivity index (χ1) is 9.69. The molecule has 0 aliphatic heterocycles. The van der Waals surface area contributed by atoms with Crippen LogP contribution in [0, 0.1) is 13.8 Å². The van der Waals surface area contributed by atoms with E-state index in [1.165, 1.54) is 38.6 Å². The fraction of sp³-hybridized carbons (Fsp3) is 0.333. The number of anilines is 1. The summed E-state index contributed by atoms with van der Waals surface area (Å²) >= 11 is 0. The van der Waals surface area contributed by atoms with Gasteiger partial charge in [-0.15, -0.1) is 0 Å². The molecule has 0 unspecified atom stereocenters. The first-order valence-electron chi connectivity index (χ1n) is 7.44. The zero-order valence-electron chi connectivity index (χ0n) is 12.7. The van der Waals surface area contributed by atoms with Crippen molar-refractivity contribution in [3.63, 3.8) is 0 Å². The topological polar surface area (TPSA) is 17.0 Å². The summed E-state index contributed by atoms with van der Waals surface area (Å²) in [5, 5.41) is 6.26. The Morgan fingerprint density at radius 1 is 1.10 bits per heavy atom. The van der Waals surface area contributed by atoms with Crippen molar-refractivity contribution in [3.05, 3.63) is 41.5 Å². The molecular formula is C18H22N2. The summed E-state index contributed by atoms with van der Waals surface area (Å²) in [7, 11) is 0. The van der Waals surface area contributed by atoms with Crippen LogP contribution in [0.5, 0.6) is 0 Å². The van der Waals surface area contributed by atoms with Crippen LogP contribution >= 0.6 is 0 Å². The van der Waals surface area contributed by atoms with E-state index in [1.807, 2.05) is 0 Å². The van der Waals surface area contributed by atoms with E-state index in [2.05, 4.69) is 67.9 Å². The molecule has 1 heterocycles. The highest BCUT2D eigenvalue weighted by Crippen LogP contribution is 2.36. The van der Waals surface area contributed by atoms with E-state index in [0.717, 1.165) is 13.1 Å². The Kier molecular flexibility index (Phi) is 3.17. The number of rotatable bonds is 3. The predicted octanol–water partition coefficient (Wildman–Crippen LogP) is 4.86. The number of aromatic nitrogens is 1. The average molecular weight is 266 g/mol. The zero-order chi connectivity index (χ0) is 14.3. The molecule has 0 radical (unpaired) electrons. The van der Waals surface area contributed by atoms with Crippen LogP contribution in [-0.2, 0) is 6.54 Å². The van der Waals surface area contributed by atoms with Crippen molar-refractivity contribution in [2.45, 2.75) is 34.2 Å². The fourth-order valence-electron chi connectivity index (χ4n) is 3.32. The third-order valence-electron chi connectivity index (χ3n) is 4.17. The van der Waals surface area contributed by atoms with Gasteiger partial charge in [-0.2, -0.15) is 0 Å². The van der Waals surface area contributed by atoms with Gasteiger partial charge in [-0.1, -0.05) is 18.2 Å². The van der Waals surface area contributed by atoms with Gasteiger partial charge in [0.05, 0.1) is 5.52 Å². The van der Waals surface area contributed by atoms with E-state index in [1.54, 1.807) is 0 Å². The molecule has 3 rings (SSSR count). The molecule has 1 aromatic heterocycles. The lowest BCUT2D eigenvalue weighted by Crippen LogP contribution is -2.01. The van der Waals surface area contributed by atoms with E-state index in [9.17, 15) is 0 Å². The molecule has 2 nitrogen and oxygen atoms in total. The number of nitrogens with one attached hydrogen (secondary N) is 1. The van der Waals surface area contributed by atoms with Crippen LogP contribution in [0.1, 0.15) is 25.0 Å². The monoisotopic (exact) mass is 266 g/mol. The second-order valence-electron chi connectivity index (χ2n) is 5.38. The summed E-state index contributed by atoms with van der Waals surface area (Å²) in [5.74, 6) is 0. The summed E-state index contributed by atoms with van der Waals surface area (Å²) in [4.78, 5) is 0. The van der Waals surface area contributed by atoms with Crippen LogP contribution in [0.25, 0.3) is 21.8 Å². The molecule has 3 aromatic rings. The SMILES string of the molecule is CCNc1cc(C)c2c(c1C)c1ccccc1n2CC. The molecular weight excluding hydrogens is 244 g/mol. The van der Waals surface area contributed by atoms with Gasteiger partial charge in [0.1, 0.15) is 0 Å². The van der Waals surface area contributed by atoms with Crippen molar-refractivity contribution >= 4 is 27.5 Å². The van der Waals surface area contributed by atoms with E-state index in [4.69, 9.17) is 0 Å². The second-order valence-corrected chi connectivity index (χ2v) is 5.38. The normalized spacial score (nSPS) is 11.4. The molecule has 0 spiro atoms. The molecule has 104 valence electrons. The number of nitrogens with zero attached hydrogens (tertiary/aromatic N) is 1. The van der Waals surface area contributed by atoms with Gasteiger partial charge < -0.3 is 9.88 Å². The van der Waals surface area contributed by atoms with Crippen LogP contribution in [0.15, 0.2) is 30.3 Å². The molecule has 0 amide bonds. The summed E-state index contributed by atoms with van der Waals surface area (Å²) < 4.78 is 2.43. The molecule has 0 fully saturated rings. The van der Waals surface area contributed by atoms with E-state index in [-0.39, 0.29) is 0 Å².